The number of carbonyl (C=O) groups is 1. The van der Waals surface area contributed by atoms with Gasteiger partial charge in [0.05, 0.1) is 21.3 Å². The molecule has 2 rings (SSSR count). The van der Waals surface area contributed by atoms with Gasteiger partial charge in [0.2, 0.25) is 5.91 Å². The highest BCUT2D eigenvalue weighted by atomic mass is 16.5. The number of nitrogens with two attached hydrogens (primary N) is 1. The van der Waals surface area contributed by atoms with Crippen LogP contribution < -0.4 is 25.3 Å². The van der Waals surface area contributed by atoms with Crippen LogP contribution in [0.15, 0.2) is 12.1 Å². The van der Waals surface area contributed by atoms with Gasteiger partial charge in [0.25, 0.3) is 0 Å². The highest BCUT2D eigenvalue weighted by molar-refractivity contribution is 5.76. The van der Waals surface area contributed by atoms with E-state index in [4.69, 9.17) is 19.9 Å². The summed E-state index contributed by atoms with van der Waals surface area (Å²) in [5.41, 5.74) is 6.89. The number of nitrogens with one attached hydrogen (secondary N) is 1. The molecule has 0 heterocycles. The number of carbonyl (C=O) groups excluding carboxylic acids is 1. The minimum Gasteiger partial charge on any atom is -0.496 e. The van der Waals surface area contributed by atoms with E-state index >= 15 is 0 Å². The molecule has 1 aromatic carbocycles. The maximum Gasteiger partial charge on any atom is 0.220 e. The van der Waals surface area contributed by atoms with Gasteiger partial charge in [-0.3, -0.25) is 4.79 Å². The quantitative estimate of drug-likeness (QED) is 0.704. The van der Waals surface area contributed by atoms with E-state index in [1.54, 1.807) is 21.3 Å². The first-order valence-electron chi connectivity index (χ1n) is 9.33. The predicted octanol–water partition coefficient (Wildman–Crippen LogP) is 2.67. The van der Waals surface area contributed by atoms with Gasteiger partial charge in [-0.25, -0.2) is 0 Å². The van der Waals surface area contributed by atoms with Gasteiger partial charge in [0.15, 0.2) is 0 Å². The number of hydrogen-bond acceptors (Lipinski definition) is 5. The Morgan fingerprint density at radius 2 is 1.69 bits per heavy atom. The van der Waals surface area contributed by atoms with Gasteiger partial charge in [0, 0.05) is 30.7 Å². The monoisotopic (exact) mass is 364 g/mol. The third-order valence-corrected chi connectivity index (χ3v) is 5.40. The average Bonchev–Trinajstić information content (AvgIpc) is 2.68. The van der Waals surface area contributed by atoms with Crippen LogP contribution in [0.5, 0.6) is 17.2 Å². The minimum absolute atomic E-state index is 0.0160. The highest BCUT2D eigenvalue weighted by Gasteiger charge is 2.32. The molecule has 1 aliphatic carbocycles. The molecule has 1 aliphatic rings. The van der Waals surface area contributed by atoms with E-state index in [0.29, 0.717) is 43.2 Å². The van der Waals surface area contributed by atoms with Crippen molar-refractivity contribution in [3.63, 3.8) is 0 Å². The molecule has 3 N–H and O–H groups in total. The lowest BCUT2D eigenvalue weighted by Crippen LogP contribution is -2.39. The molecular weight excluding hydrogens is 332 g/mol. The zero-order valence-corrected chi connectivity index (χ0v) is 16.2. The van der Waals surface area contributed by atoms with Gasteiger partial charge < -0.3 is 25.3 Å². The van der Waals surface area contributed by atoms with Gasteiger partial charge >= 0.3 is 0 Å². The Bertz CT molecular complexity index is 572. The summed E-state index contributed by atoms with van der Waals surface area (Å²) in [6, 6.07) is 3.65. The van der Waals surface area contributed by atoms with E-state index in [0.717, 1.165) is 18.4 Å². The first kappa shape index (κ1) is 20.4. The number of ether oxygens (including phenoxy) is 3. The van der Waals surface area contributed by atoms with E-state index in [2.05, 4.69) is 5.32 Å². The van der Waals surface area contributed by atoms with Crippen LogP contribution in [-0.2, 0) is 11.2 Å². The van der Waals surface area contributed by atoms with Gasteiger partial charge in [-0.05, 0) is 31.2 Å². The highest BCUT2D eigenvalue weighted by Crippen LogP contribution is 2.38. The maximum atomic E-state index is 12.4. The summed E-state index contributed by atoms with van der Waals surface area (Å²) in [4.78, 5) is 12.4. The van der Waals surface area contributed by atoms with Crippen LogP contribution in [0, 0.1) is 5.41 Å². The number of benzene rings is 1. The van der Waals surface area contributed by atoms with Gasteiger partial charge in [0.1, 0.15) is 17.2 Å². The van der Waals surface area contributed by atoms with Gasteiger partial charge in [-0.15, -0.1) is 0 Å². The molecule has 146 valence electrons. The molecule has 26 heavy (non-hydrogen) atoms. The molecule has 0 aliphatic heterocycles. The summed E-state index contributed by atoms with van der Waals surface area (Å²) < 4.78 is 16.2. The van der Waals surface area contributed by atoms with Crippen molar-refractivity contribution in [2.24, 2.45) is 11.1 Å². The molecule has 0 bridgehead atoms. The third-order valence-electron chi connectivity index (χ3n) is 5.40. The molecule has 0 unspecified atom stereocenters. The molecule has 0 atom stereocenters. The first-order chi connectivity index (χ1) is 12.6. The fraction of sp³-hybridized carbons (Fsp3) is 0.650. The lowest BCUT2D eigenvalue weighted by molar-refractivity contribution is -0.123. The van der Waals surface area contributed by atoms with Crippen LogP contribution >= 0.6 is 0 Å². The van der Waals surface area contributed by atoms with E-state index in [-0.39, 0.29) is 11.3 Å². The van der Waals surface area contributed by atoms with E-state index < -0.39 is 0 Å². The zero-order valence-electron chi connectivity index (χ0n) is 16.2. The lowest BCUT2D eigenvalue weighted by Gasteiger charge is -2.35. The summed E-state index contributed by atoms with van der Waals surface area (Å²) in [6.45, 7) is 1.11. The Labute approximate surface area is 156 Å². The number of hydrogen-bond donors (Lipinski definition) is 2. The molecule has 1 aromatic rings. The smallest absolute Gasteiger partial charge is 0.220 e. The summed E-state index contributed by atoms with van der Waals surface area (Å²) in [6.07, 6.45) is 6.84. The second-order valence-corrected chi connectivity index (χ2v) is 7.05. The standard InChI is InChI=1S/C20H32N2O4/c1-24-15-11-17(25-2)16(18(12-15)26-3)7-10-22-19(23)13-20(14-21)8-5-4-6-9-20/h11-12H,4-10,13-14,21H2,1-3H3,(H,22,23). The topological polar surface area (TPSA) is 82.8 Å². The van der Waals surface area contributed by atoms with Crippen molar-refractivity contribution in [2.75, 3.05) is 34.4 Å². The maximum absolute atomic E-state index is 12.4. The van der Waals surface area contributed by atoms with Crippen LogP contribution in [-0.4, -0.2) is 40.3 Å². The Balaban J connectivity index is 1.95. The fourth-order valence-electron chi connectivity index (χ4n) is 3.81. The van der Waals surface area contributed by atoms with Crippen molar-refractivity contribution in [1.29, 1.82) is 0 Å². The predicted molar refractivity (Wildman–Crippen MR) is 102 cm³/mol. The fourth-order valence-corrected chi connectivity index (χ4v) is 3.81. The van der Waals surface area contributed by atoms with Crippen molar-refractivity contribution in [1.82, 2.24) is 5.32 Å². The average molecular weight is 364 g/mol. The Morgan fingerprint density at radius 3 is 2.19 bits per heavy atom. The largest absolute Gasteiger partial charge is 0.496 e. The van der Waals surface area contributed by atoms with Crippen molar-refractivity contribution >= 4 is 5.91 Å². The van der Waals surface area contributed by atoms with Gasteiger partial charge in [-0.2, -0.15) is 0 Å². The van der Waals surface area contributed by atoms with Crippen LogP contribution in [0.1, 0.15) is 44.1 Å². The lowest BCUT2D eigenvalue weighted by atomic mass is 9.71. The van der Waals surface area contributed by atoms with E-state index in [9.17, 15) is 4.79 Å². The minimum atomic E-state index is -0.0160. The van der Waals surface area contributed by atoms with Crippen molar-refractivity contribution < 1.29 is 19.0 Å². The normalized spacial score (nSPS) is 16.0. The summed E-state index contributed by atoms with van der Waals surface area (Å²) >= 11 is 0. The molecule has 6 heteroatoms. The van der Waals surface area contributed by atoms with Crippen molar-refractivity contribution in [3.05, 3.63) is 17.7 Å². The Kier molecular flexibility index (Phi) is 7.57. The van der Waals surface area contributed by atoms with Crippen LogP contribution in [0.4, 0.5) is 0 Å². The SMILES string of the molecule is COc1cc(OC)c(CCNC(=O)CC2(CN)CCCCC2)c(OC)c1. The van der Waals surface area contributed by atoms with E-state index in [1.165, 1.54) is 19.3 Å². The number of amides is 1. The molecule has 0 saturated heterocycles. The third kappa shape index (κ3) is 5.04. The molecule has 6 nitrogen and oxygen atoms in total. The summed E-state index contributed by atoms with van der Waals surface area (Å²) in [5.74, 6) is 2.14. The van der Waals surface area contributed by atoms with Gasteiger partial charge in [-0.1, -0.05) is 19.3 Å². The summed E-state index contributed by atoms with van der Waals surface area (Å²) in [7, 11) is 4.83. The zero-order chi connectivity index (χ0) is 19.0. The molecule has 1 amide bonds. The first-order valence-corrected chi connectivity index (χ1v) is 9.33. The molecular formula is C20H32N2O4. The van der Waals surface area contributed by atoms with Crippen LogP contribution in [0.3, 0.4) is 0 Å². The Morgan fingerprint density at radius 1 is 1.08 bits per heavy atom. The van der Waals surface area contributed by atoms with E-state index in [1.807, 2.05) is 12.1 Å². The molecule has 0 aromatic heterocycles. The van der Waals surface area contributed by atoms with Crippen molar-refractivity contribution in [2.45, 2.75) is 44.9 Å². The molecule has 0 radical (unpaired) electrons. The second-order valence-electron chi connectivity index (χ2n) is 7.05. The van der Waals surface area contributed by atoms with Crippen LogP contribution in [0.2, 0.25) is 0 Å². The number of methoxy groups -OCH3 is 3. The Hall–Kier alpha value is -1.95. The molecule has 1 fully saturated rings. The summed E-state index contributed by atoms with van der Waals surface area (Å²) in [5, 5.41) is 3.03. The van der Waals surface area contributed by atoms with Crippen LogP contribution in [0.25, 0.3) is 0 Å². The molecule has 1 saturated carbocycles. The molecule has 0 spiro atoms. The second kappa shape index (κ2) is 9.67. The van der Waals surface area contributed by atoms with Crippen molar-refractivity contribution in [3.8, 4) is 17.2 Å². The number of rotatable bonds is 9.